The fourth-order valence-corrected chi connectivity index (χ4v) is 24.7. The predicted molar refractivity (Wildman–Crippen MR) is 301 cm³/mol. The molecule has 0 radical (unpaired) electrons. The highest BCUT2D eigenvalue weighted by molar-refractivity contribution is 7.33. The molecule has 1 aliphatic heterocycles. The zero-order valence-corrected chi connectivity index (χ0v) is 40.5. The molecule has 0 bridgehead atoms. The van der Waals surface area contributed by atoms with E-state index in [0.717, 1.165) is 5.69 Å². The largest absolute Gasteiger partial charge is 0.309 e. The predicted octanol–water partition coefficient (Wildman–Crippen LogP) is 10.6. The van der Waals surface area contributed by atoms with Gasteiger partial charge in [-0.25, -0.2) is 0 Å². The Balaban J connectivity index is 1.08. The van der Waals surface area contributed by atoms with Crippen LogP contribution in [0.25, 0.3) is 66.1 Å². The van der Waals surface area contributed by atoms with Crippen LogP contribution in [0, 0.1) is 0 Å². The Morgan fingerprint density at radius 2 is 0.671 bits per heavy atom. The Hall–Kier alpha value is -8.55. The summed E-state index contributed by atoms with van der Waals surface area (Å²) in [7, 11) is -5.93. The van der Waals surface area contributed by atoms with Gasteiger partial charge in [-0.05, 0) is 95.1 Å². The summed E-state index contributed by atoms with van der Waals surface area (Å²) < 4.78 is 5.04. The van der Waals surface area contributed by atoms with E-state index in [2.05, 4.69) is 288 Å². The second kappa shape index (κ2) is 16.0. The summed E-state index contributed by atoms with van der Waals surface area (Å²) in [5.74, 6) is 0. The molecule has 0 saturated heterocycles. The van der Waals surface area contributed by atoms with E-state index in [1.807, 2.05) is 0 Å². The molecule has 0 unspecified atom stereocenters. The minimum atomic E-state index is -3.07. The van der Waals surface area contributed by atoms with Gasteiger partial charge < -0.3 is 9.13 Å². The smallest absolute Gasteiger partial charge is 0.179 e. The van der Waals surface area contributed by atoms with Crippen molar-refractivity contribution in [2.75, 3.05) is 0 Å². The zero-order valence-electron chi connectivity index (χ0n) is 38.5. The van der Waals surface area contributed by atoms with Gasteiger partial charge in [-0.1, -0.05) is 237 Å². The molecule has 2 nitrogen and oxygen atoms in total. The number of rotatable bonds is 7. The van der Waals surface area contributed by atoms with E-state index in [0.29, 0.717) is 0 Å². The summed E-state index contributed by atoms with van der Waals surface area (Å²) in [6.45, 7) is 0. The first-order valence-corrected chi connectivity index (χ1v) is 28.3. The van der Waals surface area contributed by atoms with Crippen LogP contribution in [0.2, 0.25) is 0 Å². The van der Waals surface area contributed by atoms with Crippen LogP contribution in [0.3, 0.4) is 0 Å². The molecule has 0 N–H and O–H groups in total. The summed E-state index contributed by atoms with van der Waals surface area (Å²) in [4.78, 5) is 0. The van der Waals surface area contributed by atoms with Crippen LogP contribution in [-0.2, 0) is 0 Å². The molecule has 14 rings (SSSR count). The molecule has 13 aromatic rings. The van der Waals surface area contributed by atoms with E-state index in [1.165, 1.54) is 102 Å². The van der Waals surface area contributed by atoms with E-state index in [4.69, 9.17) is 0 Å². The van der Waals surface area contributed by atoms with Crippen molar-refractivity contribution in [2.45, 2.75) is 0 Å². The summed E-state index contributed by atoms with van der Waals surface area (Å²) in [5.41, 5.74) is 9.51. The van der Waals surface area contributed by atoms with Crippen LogP contribution >= 0.6 is 0 Å². The molecular weight excluding hydrogens is 877 g/mol. The van der Waals surface area contributed by atoms with Gasteiger partial charge in [0, 0.05) is 27.2 Å². The van der Waals surface area contributed by atoms with Crippen molar-refractivity contribution in [1.29, 1.82) is 0 Å². The summed E-state index contributed by atoms with van der Waals surface area (Å²) >= 11 is 0. The fraction of sp³-hybridized carbons (Fsp3) is 0. The van der Waals surface area contributed by atoms with E-state index < -0.39 is 16.1 Å². The highest BCUT2D eigenvalue weighted by atomic mass is 28.3. The monoisotopic (exact) mass is 922 g/mol. The lowest BCUT2D eigenvalue weighted by Crippen LogP contribution is -2.93. The molecule has 0 saturated carbocycles. The second-order valence-electron chi connectivity index (χ2n) is 18.7. The van der Waals surface area contributed by atoms with Crippen molar-refractivity contribution >= 4 is 101 Å². The standard InChI is InChI=1S/C66H46N2Si2/c1-5-23-47(24-6-1)48-25-21-26-49(45-48)67-58-36-16-14-34-56(58)66-59(67)37-22-38-60(66)68-57-35-15-13-33-54(57)55-44-43-53(46-61(55)68)70(52-31-11-4-12-32-52)64-41-19-17-39-62(64)69(50-27-7-2-8-28-50,51-29-9-3-10-30-51)63-40-18-20-42-65(63)70/h1-46H. The van der Waals surface area contributed by atoms with E-state index >= 15 is 0 Å². The summed E-state index contributed by atoms with van der Waals surface area (Å²) in [6, 6.07) is 106. The summed E-state index contributed by atoms with van der Waals surface area (Å²) in [5, 5.41) is 16.5. The van der Waals surface area contributed by atoms with Crippen LogP contribution in [-0.4, -0.2) is 25.3 Å². The molecule has 70 heavy (non-hydrogen) atoms. The van der Waals surface area contributed by atoms with Gasteiger partial charge in [0.05, 0.1) is 27.8 Å². The molecule has 0 fully saturated rings. The van der Waals surface area contributed by atoms with Crippen molar-refractivity contribution in [3.8, 4) is 22.5 Å². The molecule has 3 heterocycles. The van der Waals surface area contributed by atoms with Gasteiger partial charge in [-0.2, -0.15) is 0 Å². The van der Waals surface area contributed by atoms with Gasteiger partial charge in [-0.15, -0.1) is 0 Å². The maximum Gasteiger partial charge on any atom is 0.179 e. The molecule has 328 valence electrons. The lowest BCUT2D eigenvalue weighted by Gasteiger charge is -2.48. The number of benzene rings is 11. The van der Waals surface area contributed by atoms with Crippen molar-refractivity contribution < 1.29 is 0 Å². The molecule has 0 spiro atoms. The third-order valence-corrected chi connectivity index (χ3v) is 25.6. The van der Waals surface area contributed by atoms with E-state index in [-0.39, 0.29) is 0 Å². The molecule has 11 aromatic carbocycles. The van der Waals surface area contributed by atoms with Crippen molar-refractivity contribution in [3.63, 3.8) is 0 Å². The fourth-order valence-electron chi connectivity index (χ4n) is 12.6. The Kier molecular flexibility index (Phi) is 9.28. The maximum atomic E-state index is 2.60. The molecule has 0 atom stereocenters. The number of hydrogen-bond donors (Lipinski definition) is 0. The lowest BCUT2D eigenvalue weighted by molar-refractivity contribution is 1.17. The highest BCUT2D eigenvalue weighted by Gasteiger charge is 2.56. The minimum absolute atomic E-state index is 1.14. The zero-order chi connectivity index (χ0) is 46.2. The summed E-state index contributed by atoms with van der Waals surface area (Å²) in [6.07, 6.45) is 0. The van der Waals surface area contributed by atoms with Crippen LogP contribution < -0.4 is 41.5 Å². The number of fused-ring (bicyclic) bond motifs is 8. The van der Waals surface area contributed by atoms with Gasteiger partial charge in [0.15, 0.2) is 16.1 Å². The number of nitrogens with zero attached hydrogens (tertiary/aromatic N) is 2. The normalized spacial score (nSPS) is 13.7. The van der Waals surface area contributed by atoms with Gasteiger partial charge in [0.1, 0.15) is 0 Å². The quantitative estimate of drug-likeness (QED) is 0.141. The van der Waals surface area contributed by atoms with Crippen LogP contribution in [0.1, 0.15) is 0 Å². The average molecular weight is 923 g/mol. The van der Waals surface area contributed by atoms with Gasteiger partial charge in [0.2, 0.25) is 0 Å². The lowest BCUT2D eigenvalue weighted by atomic mass is 10.1. The minimum Gasteiger partial charge on any atom is -0.309 e. The number of para-hydroxylation sites is 2. The molecular formula is C66H46N2Si2. The molecule has 0 aliphatic carbocycles. The molecule has 2 aromatic heterocycles. The van der Waals surface area contributed by atoms with Gasteiger partial charge in [-0.3, -0.25) is 0 Å². The van der Waals surface area contributed by atoms with Crippen LogP contribution in [0.15, 0.2) is 279 Å². The van der Waals surface area contributed by atoms with Crippen LogP contribution in [0.5, 0.6) is 0 Å². The van der Waals surface area contributed by atoms with Gasteiger partial charge >= 0.3 is 0 Å². The Morgan fingerprint density at radius 3 is 1.26 bits per heavy atom. The first-order valence-electron chi connectivity index (χ1n) is 24.3. The van der Waals surface area contributed by atoms with Gasteiger partial charge in [0.25, 0.3) is 0 Å². The van der Waals surface area contributed by atoms with Crippen molar-refractivity contribution in [1.82, 2.24) is 9.13 Å². The van der Waals surface area contributed by atoms with Crippen LogP contribution in [0.4, 0.5) is 0 Å². The van der Waals surface area contributed by atoms with Crippen molar-refractivity contribution in [2.24, 2.45) is 0 Å². The molecule has 4 heteroatoms. The Morgan fingerprint density at radius 1 is 0.243 bits per heavy atom. The Bertz CT molecular complexity index is 4030. The Labute approximate surface area is 409 Å². The SMILES string of the molecule is c1ccc(-c2cccc(-n3c4ccccc4c4c(-n5c6ccccc6c6ccc([Si]7(c8ccccc8)c8ccccc8[Si](c8ccccc8)(c8ccccc8)c8ccccc87)cc65)cccc43)c2)cc1. The first kappa shape index (κ1) is 40.5. The maximum absolute atomic E-state index is 3.07. The van der Waals surface area contributed by atoms with E-state index in [1.54, 1.807) is 0 Å². The van der Waals surface area contributed by atoms with Crippen molar-refractivity contribution in [3.05, 3.63) is 279 Å². The highest BCUT2D eigenvalue weighted by Crippen LogP contribution is 2.40. The number of aromatic nitrogens is 2. The third kappa shape index (κ3) is 5.72. The average Bonchev–Trinajstić information content (AvgIpc) is 3.96. The van der Waals surface area contributed by atoms with E-state index in [9.17, 15) is 0 Å². The topological polar surface area (TPSA) is 9.86 Å². The molecule has 1 aliphatic rings. The molecule has 0 amide bonds. The number of hydrogen-bond acceptors (Lipinski definition) is 0. The first-order chi connectivity index (χ1) is 34.8. The third-order valence-electron chi connectivity index (χ3n) is 15.3. The second-order valence-corrected chi connectivity index (χ2v) is 26.2.